The molecule has 0 heterocycles. The summed E-state index contributed by atoms with van der Waals surface area (Å²) < 4.78 is 5.22. The summed E-state index contributed by atoms with van der Waals surface area (Å²) in [6.45, 7) is 8.30. The van der Waals surface area contributed by atoms with Crippen LogP contribution in [0.5, 0.6) is 0 Å². The Bertz CT molecular complexity index is 967. The Morgan fingerprint density at radius 1 is 0.875 bits per heavy atom. The smallest absolute Gasteiger partial charge is 0.312 e. The molecular formula is C28H46N6O6. The second kappa shape index (κ2) is 18.6. The Kier molecular flexibility index (Phi) is 16.0. The van der Waals surface area contributed by atoms with E-state index in [1.165, 1.54) is 0 Å². The maximum Gasteiger partial charge on any atom is 0.312 e. The predicted octanol–water partition coefficient (Wildman–Crippen LogP) is 1.79. The highest BCUT2D eigenvalue weighted by Gasteiger charge is 2.28. The Hall–Kier alpha value is -3.67. The lowest BCUT2D eigenvalue weighted by Crippen LogP contribution is -2.54. The lowest BCUT2D eigenvalue weighted by molar-refractivity contribution is -0.148. The standard InChI is InChI=1S/C28H46N6O6/c1-18(2)24(34-23(35)10-6-7-15-30-5)26(37)33-22(9-8-16-31-28(29)39)25(36)32-21-13-11-20(12-14-21)17-40-27(38)19(3)4/h11-14,18-19,22,24,30H,6-10,15-17H2,1-5H3,(H,32,36)(H,33,37)(H,34,35)(H3,29,31,39)/t22-,24-/m0/s1. The van der Waals surface area contributed by atoms with Gasteiger partial charge in [0.2, 0.25) is 17.7 Å². The molecule has 7 N–H and O–H groups in total. The zero-order valence-electron chi connectivity index (χ0n) is 24.3. The molecule has 0 unspecified atom stereocenters. The van der Waals surface area contributed by atoms with Gasteiger partial charge in [0.25, 0.3) is 0 Å². The molecule has 2 atom stereocenters. The number of primary amides is 1. The normalized spacial score (nSPS) is 12.4. The molecular weight excluding hydrogens is 516 g/mol. The topological polar surface area (TPSA) is 181 Å². The summed E-state index contributed by atoms with van der Waals surface area (Å²) in [5.41, 5.74) is 6.37. The number of carbonyl (C=O) groups is 5. The van der Waals surface area contributed by atoms with Crippen molar-refractivity contribution in [3.63, 3.8) is 0 Å². The van der Waals surface area contributed by atoms with Crippen LogP contribution in [-0.2, 0) is 30.5 Å². The van der Waals surface area contributed by atoms with Gasteiger partial charge in [-0.15, -0.1) is 0 Å². The van der Waals surface area contributed by atoms with E-state index in [1.54, 1.807) is 38.1 Å². The van der Waals surface area contributed by atoms with Crippen LogP contribution < -0.4 is 32.3 Å². The number of ether oxygens (including phenoxy) is 1. The Balaban J connectivity index is 2.86. The van der Waals surface area contributed by atoms with Crippen molar-refractivity contribution in [3.8, 4) is 0 Å². The number of benzene rings is 1. The lowest BCUT2D eigenvalue weighted by atomic mass is 10.0. The number of rotatable bonds is 18. The van der Waals surface area contributed by atoms with Crippen LogP contribution in [0.3, 0.4) is 0 Å². The molecule has 0 saturated carbocycles. The number of carbonyl (C=O) groups excluding carboxylic acids is 5. The molecule has 1 rings (SSSR count). The van der Waals surface area contributed by atoms with E-state index in [4.69, 9.17) is 10.5 Å². The highest BCUT2D eigenvalue weighted by Crippen LogP contribution is 2.13. The van der Waals surface area contributed by atoms with Crippen LogP contribution >= 0.6 is 0 Å². The zero-order valence-corrected chi connectivity index (χ0v) is 24.3. The minimum Gasteiger partial charge on any atom is -0.461 e. The minimum atomic E-state index is -0.928. The van der Waals surface area contributed by atoms with Gasteiger partial charge in [-0.2, -0.15) is 0 Å². The predicted molar refractivity (Wildman–Crippen MR) is 153 cm³/mol. The Morgan fingerprint density at radius 3 is 2.12 bits per heavy atom. The van der Waals surface area contributed by atoms with Crippen LogP contribution in [0, 0.1) is 11.8 Å². The molecule has 0 bridgehead atoms. The number of urea groups is 1. The van der Waals surface area contributed by atoms with E-state index in [1.807, 2.05) is 20.9 Å². The fraction of sp³-hybridized carbons (Fsp3) is 0.607. The first-order valence-electron chi connectivity index (χ1n) is 13.8. The van der Waals surface area contributed by atoms with Gasteiger partial charge < -0.3 is 37.1 Å². The number of unbranched alkanes of at least 4 members (excludes halogenated alkanes) is 1. The van der Waals surface area contributed by atoms with Crippen LogP contribution in [0.25, 0.3) is 0 Å². The largest absolute Gasteiger partial charge is 0.461 e. The second-order valence-electron chi connectivity index (χ2n) is 10.3. The first kappa shape index (κ1) is 34.4. The number of nitrogens with two attached hydrogens (primary N) is 1. The van der Waals surface area contributed by atoms with Gasteiger partial charge >= 0.3 is 12.0 Å². The third-order valence-corrected chi connectivity index (χ3v) is 6.02. The molecule has 12 heteroatoms. The van der Waals surface area contributed by atoms with Crippen molar-refractivity contribution >= 4 is 35.4 Å². The van der Waals surface area contributed by atoms with Gasteiger partial charge in [-0.1, -0.05) is 39.8 Å². The van der Waals surface area contributed by atoms with Crippen molar-refractivity contribution in [1.29, 1.82) is 0 Å². The highest BCUT2D eigenvalue weighted by molar-refractivity contribution is 5.98. The lowest BCUT2D eigenvalue weighted by Gasteiger charge is -2.25. The van der Waals surface area contributed by atoms with E-state index in [9.17, 15) is 24.0 Å². The molecule has 5 amide bonds. The van der Waals surface area contributed by atoms with Gasteiger partial charge in [0.05, 0.1) is 5.92 Å². The molecule has 0 aliphatic rings. The van der Waals surface area contributed by atoms with Crippen LogP contribution in [0.4, 0.5) is 10.5 Å². The number of esters is 1. The first-order chi connectivity index (χ1) is 18.9. The van der Waals surface area contributed by atoms with Crippen molar-refractivity contribution in [1.82, 2.24) is 21.3 Å². The van der Waals surface area contributed by atoms with E-state index in [0.717, 1.165) is 18.5 Å². The molecule has 1 aromatic carbocycles. The molecule has 0 aliphatic carbocycles. The number of nitrogens with one attached hydrogen (secondary N) is 5. The molecule has 12 nitrogen and oxygen atoms in total. The first-order valence-corrected chi connectivity index (χ1v) is 13.8. The monoisotopic (exact) mass is 562 g/mol. The van der Waals surface area contributed by atoms with Gasteiger partial charge in [-0.3, -0.25) is 19.2 Å². The molecule has 0 fully saturated rings. The van der Waals surface area contributed by atoms with Crippen molar-refractivity contribution in [2.45, 2.75) is 78.5 Å². The van der Waals surface area contributed by atoms with Gasteiger partial charge in [0.1, 0.15) is 18.7 Å². The van der Waals surface area contributed by atoms with Gasteiger partial charge in [-0.25, -0.2) is 4.79 Å². The van der Waals surface area contributed by atoms with Crippen molar-refractivity contribution in [2.24, 2.45) is 17.6 Å². The highest BCUT2D eigenvalue weighted by atomic mass is 16.5. The summed E-state index contributed by atoms with van der Waals surface area (Å²) in [5.74, 6) is -1.88. The van der Waals surface area contributed by atoms with Gasteiger partial charge in [-0.05, 0) is 62.9 Å². The van der Waals surface area contributed by atoms with Crippen LogP contribution in [0.2, 0.25) is 0 Å². The SMILES string of the molecule is CNCCCCC(=O)N[C@H](C(=O)N[C@@H](CCCNC(N)=O)C(=O)Nc1ccc(COC(=O)C(C)C)cc1)C(C)C. The maximum atomic E-state index is 13.2. The van der Waals surface area contributed by atoms with E-state index in [0.29, 0.717) is 24.9 Å². The molecule has 0 spiro atoms. The van der Waals surface area contributed by atoms with Crippen LogP contribution in [0.15, 0.2) is 24.3 Å². The molecule has 0 radical (unpaired) electrons. The van der Waals surface area contributed by atoms with Gasteiger partial charge in [0, 0.05) is 18.7 Å². The average molecular weight is 563 g/mol. The molecule has 0 aromatic heterocycles. The van der Waals surface area contributed by atoms with Crippen molar-refractivity contribution in [2.75, 3.05) is 25.5 Å². The maximum absolute atomic E-state index is 13.2. The molecule has 0 aliphatic heterocycles. The summed E-state index contributed by atoms with van der Waals surface area (Å²) in [6.07, 6.45) is 2.44. The fourth-order valence-corrected chi connectivity index (χ4v) is 3.65. The molecule has 0 saturated heterocycles. The van der Waals surface area contributed by atoms with E-state index >= 15 is 0 Å². The number of hydrogen-bond acceptors (Lipinski definition) is 7. The fourth-order valence-electron chi connectivity index (χ4n) is 3.65. The Morgan fingerprint density at radius 2 is 1.55 bits per heavy atom. The van der Waals surface area contributed by atoms with Gasteiger partial charge in [0.15, 0.2) is 0 Å². The van der Waals surface area contributed by atoms with E-state index in [-0.39, 0.29) is 43.3 Å². The quantitative estimate of drug-likeness (QED) is 0.116. The minimum absolute atomic E-state index is 0.120. The van der Waals surface area contributed by atoms with Crippen LogP contribution in [0.1, 0.15) is 65.4 Å². The summed E-state index contributed by atoms with van der Waals surface area (Å²) in [5, 5.41) is 13.8. The third-order valence-electron chi connectivity index (χ3n) is 6.02. The summed E-state index contributed by atoms with van der Waals surface area (Å²) in [7, 11) is 1.85. The zero-order chi connectivity index (χ0) is 30.1. The average Bonchev–Trinajstić information content (AvgIpc) is 2.90. The second-order valence-corrected chi connectivity index (χ2v) is 10.3. The molecule has 1 aromatic rings. The molecule has 224 valence electrons. The molecule has 40 heavy (non-hydrogen) atoms. The summed E-state index contributed by atoms with van der Waals surface area (Å²) >= 11 is 0. The van der Waals surface area contributed by atoms with E-state index < -0.39 is 29.9 Å². The third kappa shape index (κ3) is 13.9. The van der Waals surface area contributed by atoms with E-state index in [2.05, 4.69) is 26.6 Å². The number of anilines is 1. The van der Waals surface area contributed by atoms with Crippen molar-refractivity contribution in [3.05, 3.63) is 29.8 Å². The van der Waals surface area contributed by atoms with Crippen molar-refractivity contribution < 1.29 is 28.7 Å². The summed E-state index contributed by atoms with van der Waals surface area (Å²) in [4.78, 5) is 61.5. The Labute approximate surface area is 236 Å². The van der Waals surface area contributed by atoms with Crippen LogP contribution in [-0.4, -0.2) is 61.9 Å². The summed E-state index contributed by atoms with van der Waals surface area (Å²) in [6, 6.07) is 4.39. The number of amides is 5. The number of hydrogen-bond donors (Lipinski definition) is 6.